The van der Waals surface area contributed by atoms with E-state index in [9.17, 15) is 9.59 Å². The van der Waals surface area contributed by atoms with Crippen LogP contribution in [0.4, 0.5) is 0 Å². The second-order valence-corrected chi connectivity index (χ2v) is 7.15. The fraction of sp³-hybridized carbons (Fsp3) is 0.824. The quantitative estimate of drug-likeness (QED) is 0.757. The van der Waals surface area contributed by atoms with E-state index < -0.39 is 0 Å². The van der Waals surface area contributed by atoms with E-state index in [-0.39, 0.29) is 29.6 Å². The van der Waals surface area contributed by atoms with Gasteiger partial charge in [-0.1, -0.05) is 6.92 Å². The molecule has 136 valence electrons. The van der Waals surface area contributed by atoms with Crippen molar-refractivity contribution in [2.75, 3.05) is 45.8 Å². The van der Waals surface area contributed by atoms with E-state index in [1.807, 2.05) is 9.80 Å². The first-order chi connectivity index (χ1) is 11.4. The van der Waals surface area contributed by atoms with Crippen molar-refractivity contribution in [2.24, 2.45) is 11.3 Å². The zero-order valence-electron chi connectivity index (χ0n) is 14.7. The second kappa shape index (κ2) is 7.96. The summed E-state index contributed by atoms with van der Waals surface area (Å²) in [5, 5.41) is 6.89. The number of carboxylic acid groups (broad SMARTS) is 1. The van der Waals surface area contributed by atoms with Crippen LogP contribution in [0.5, 0.6) is 0 Å². The maximum atomic E-state index is 12.9. The fourth-order valence-corrected chi connectivity index (χ4v) is 4.25. The molecule has 2 amide bonds. The van der Waals surface area contributed by atoms with Gasteiger partial charge >= 0.3 is 0 Å². The monoisotopic (exact) mass is 339 g/mol. The summed E-state index contributed by atoms with van der Waals surface area (Å²) in [6.45, 7) is 9.94. The number of rotatable bonds is 3. The Hall–Kier alpha value is -1.63. The predicted octanol–water partition coefficient (Wildman–Crippen LogP) is 0.500. The molecule has 3 rings (SSSR count). The van der Waals surface area contributed by atoms with Gasteiger partial charge in [-0.2, -0.15) is 0 Å². The van der Waals surface area contributed by atoms with Gasteiger partial charge in [-0.15, -0.1) is 0 Å². The SMILES string of the molecule is CC(=O)N1C[C@@H](C)[C@@]2(CCN(CCN3CCCC3)C2=O)C1.O=CO. The van der Waals surface area contributed by atoms with Crippen molar-refractivity contribution in [3.8, 4) is 0 Å². The highest BCUT2D eigenvalue weighted by Gasteiger charge is 2.55. The summed E-state index contributed by atoms with van der Waals surface area (Å²) in [6.07, 6.45) is 3.50. The molecule has 0 saturated carbocycles. The average molecular weight is 339 g/mol. The zero-order valence-corrected chi connectivity index (χ0v) is 14.7. The van der Waals surface area contributed by atoms with Crippen molar-refractivity contribution in [3.05, 3.63) is 0 Å². The van der Waals surface area contributed by atoms with Gasteiger partial charge in [-0.3, -0.25) is 14.4 Å². The molecule has 3 saturated heterocycles. The minimum atomic E-state index is -0.295. The van der Waals surface area contributed by atoms with Crippen LogP contribution in [0.25, 0.3) is 0 Å². The molecule has 2 atom stereocenters. The molecular formula is C17H29N3O4. The molecule has 0 radical (unpaired) electrons. The lowest BCUT2D eigenvalue weighted by Gasteiger charge is -2.27. The molecule has 3 heterocycles. The largest absolute Gasteiger partial charge is 0.483 e. The minimum absolute atomic E-state index is 0.0991. The Morgan fingerprint density at radius 1 is 1.29 bits per heavy atom. The molecule has 3 aliphatic heterocycles. The summed E-state index contributed by atoms with van der Waals surface area (Å²) in [5.74, 6) is 0.672. The highest BCUT2D eigenvalue weighted by atomic mass is 16.3. The molecular weight excluding hydrogens is 310 g/mol. The van der Waals surface area contributed by atoms with Gasteiger partial charge < -0.3 is 19.8 Å². The average Bonchev–Trinajstić information content (AvgIpc) is 3.22. The Balaban J connectivity index is 0.000000647. The van der Waals surface area contributed by atoms with Crippen LogP contribution in [0.3, 0.4) is 0 Å². The third-order valence-electron chi connectivity index (χ3n) is 5.78. The lowest BCUT2D eigenvalue weighted by Crippen LogP contribution is -2.42. The number of nitrogens with zero attached hydrogens (tertiary/aromatic N) is 3. The van der Waals surface area contributed by atoms with E-state index in [4.69, 9.17) is 9.90 Å². The predicted molar refractivity (Wildman–Crippen MR) is 89.4 cm³/mol. The van der Waals surface area contributed by atoms with Gasteiger partial charge in [0.2, 0.25) is 11.8 Å². The Morgan fingerprint density at radius 3 is 2.46 bits per heavy atom. The van der Waals surface area contributed by atoms with Crippen LogP contribution in [-0.4, -0.2) is 83.9 Å². The van der Waals surface area contributed by atoms with Crippen LogP contribution in [0.2, 0.25) is 0 Å². The van der Waals surface area contributed by atoms with Crippen molar-refractivity contribution < 1.29 is 19.5 Å². The van der Waals surface area contributed by atoms with Gasteiger partial charge in [-0.25, -0.2) is 0 Å². The van der Waals surface area contributed by atoms with Gasteiger partial charge in [-0.05, 0) is 38.3 Å². The Labute approximate surface area is 143 Å². The van der Waals surface area contributed by atoms with Crippen LogP contribution >= 0.6 is 0 Å². The topological polar surface area (TPSA) is 81.2 Å². The summed E-state index contributed by atoms with van der Waals surface area (Å²) in [7, 11) is 0. The zero-order chi connectivity index (χ0) is 17.7. The third-order valence-corrected chi connectivity index (χ3v) is 5.78. The number of amides is 2. The lowest BCUT2D eigenvalue weighted by atomic mass is 9.78. The first-order valence-electron chi connectivity index (χ1n) is 8.79. The smallest absolute Gasteiger partial charge is 0.290 e. The molecule has 1 N–H and O–H groups in total. The minimum Gasteiger partial charge on any atom is -0.483 e. The van der Waals surface area contributed by atoms with E-state index in [1.54, 1.807) is 6.92 Å². The molecule has 0 aromatic carbocycles. The Bertz CT molecular complexity index is 478. The van der Waals surface area contributed by atoms with E-state index >= 15 is 0 Å². The highest BCUT2D eigenvalue weighted by molar-refractivity contribution is 5.87. The third kappa shape index (κ3) is 3.71. The van der Waals surface area contributed by atoms with Gasteiger partial charge in [0.05, 0.1) is 5.41 Å². The van der Waals surface area contributed by atoms with Crippen LogP contribution < -0.4 is 0 Å². The van der Waals surface area contributed by atoms with E-state index in [0.29, 0.717) is 6.54 Å². The molecule has 1 spiro atoms. The normalized spacial score (nSPS) is 29.9. The summed E-state index contributed by atoms with van der Waals surface area (Å²) in [4.78, 5) is 39.2. The first-order valence-corrected chi connectivity index (χ1v) is 8.79. The summed E-state index contributed by atoms with van der Waals surface area (Å²) in [5.41, 5.74) is -0.295. The molecule has 0 aromatic heterocycles. The standard InChI is InChI=1S/C16H27N3O2.CH2O2/c1-13-11-19(14(2)20)12-16(13)5-8-18(15(16)21)10-9-17-6-3-4-7-17;2-1-3/h13H,3-12H2,1-2H3;1H,(H,2,3)/t13-,16-;/m1./s1. The molecule has 0 aliphatic carbocycles. The molecule has 0 unspecified atom stereocenters. The van der Waals surface area contributed by atoms with Gasteiger partial charge in [0, 0.05) is 39.6 Å². The molecule has 3 fully saturated rings. The van der Waals surface area contributed by atoms with Crippen LogP contribution in [0.15, 0.2) is 0 Å². The molecule has 7 heteroatoms. The van der Waals surface area contributed by atoms with E-state index in [2.05, 4.69) is 11.8 Å². The summed E-state index contributed by atoms with van der Waals surface area (Å²) in [6, 6.07) is 0. The molecule has 24 heavy (non-hydrogen) atoms. The van der Waals surface area contributed by atoms with Crippen molar-refractivity contribution in [1.82, 2.24) is 14.7 Å². The number of hydrogen-bond acceptors (Lipinski definition) is 4. The molecule has 7 nitrogen and oxygen atoms in total. The number of hydrogen-bond donors (Lipinski definition) is 1. The maximum absolute atomic E-state index is 12.9. The van der Waals surface area contributed by atoms with Crippen LogP contribution in [-0.2, 0) is 14.4 Å². The van der Waals surface area contributed by atoms with Crippen molar-refractivity contribution in [3.63, 3.8) is 0 Å². The summed E-state index contributed by atoms with van der Waals surface area (Å²) < 4.78 is 0. The van der Waals surface area contributed by atoms with Gasteiger partial charge in [0.1, 0.15) is 0 Å². The molecule has 3 aliphatic rings. The molecule has 0 bridgehead atoms. The van der Waals surface area contributed by atoms with Crippen molar-refractivity contribution >= 4 is 18.3 Å². The van der Waals surface area contributed by atoms with Crippen molar-refractivity contribution in [2.45, 2.75) is 33.1 Å². The Kier molecular flexibility index (Phi) is 6.21. The number of carbonyl (C=O) groups excluding carboxylic acids is 2. The van der Waals surface area contributed by atoms with Crippen molar-refractivity contribution in [1.29, 1.82) is 0 Å². The van der Waals surface area contributed by atoms with Gasteiger partial charge in [0.25, 0.3) is 6.47 Å². The number of carbonyl (C=O) groups is 3. The van der Waals surface area contributed by atoms with Crippen LogP contribution in [0.1, 0.15) is 33.1 Å². The second-order valence-electron chi connectivity index (χ2n) is 7.15. The van der Waals surface area contributed by atoms with E-state index in [0.717, 1.165) is 32.6 Å². The Morgan fingerprint density at radius 2 is 1.92 bits per heavy atom. The molecule has 0 aromatic rings. The fourth-order valence-electron chi connectivity index (χ4n) is 4.25. The number of likely N-dealkylation sites (tertiary alicyclic amines) is 3. The first kappa shape index (κ1) is 18.7. The lowest BCUT2D eigenvalue weighted by molar-refractivity contribution is -0.137. The summed E-state index contributed by atoms with van der Waals surface area (Å²) >= 11 is 0. The maximum Gasteiger partial charge on any atom is 0.290 e. The van der Waals surface area contributed by atoms with Gasteiger partial charge in [0.15, 0.2) is 0 Å². The van der Waals surface area contributed by atoms with E-state index in [1.165, 1.54) is 25.9 Å². The van der Waals surface area contributed by atoms with Crippen LogP contribution in [0, 0.1) is 11.3 Å². The highest BCUT2D eigenvalue weighted by Crippen LogP contribution is 2.44.